The Morgan fingerprint density at radius 3 is 2.10 bits per heavy atom. The summed E-state index contributed by atoms with van der Waals surface area (Å²) in [6.07, 6.45) is 3.83. The van der Waals surface area contributed by atoms with Gasteiger partial charge < -0.3 is 5.73 Å². The van der Waals surface area contributed by atoms with Crippen LogP contribution in [0.3, 0.4) is 0 Å². The molecule has 0 rings (SSSR count). The first-order valence-electron chi connectivity index (χ1n) is 3.31. The molecule has 0 fully saturated rings. The Labute approximate surface area is 62.9 Å². The summed E-state index contributed by atoms with van der Waals surface area (Å²) < 4.78 is 0. The van der Waals surface area contributed by atoms with E-state index in [4.69, 9.17) is 5.73 Å². The maximum Gasteiger partial charge on any atom is 0.00786 e. The molecule has 56 valence electrons. The minimum Gasteiger partial charge on any atom is -0.402 e. The molecule has 0 saturated heterocycles. The zero-order chi connectivity index (χ0) is 8.15. The Hall–Kier alpha value is -0.980. The quantitative estimate of drug-likeness (QED) is 0.581. The monoisotopic (exact) mass is 137 g/mol. The predicted molar refractivity (Wildman–Crippen MR) is 46.5 cm³/mol. The molecule has 0 aliphatic rings. The molecule has 0 saturated carbocycles. The molecule has 2 N–H and O–H groups in total. The standard InChI is InChI=1S/C9H15N/c1-5-7(2)6-8(3)9(4)10/h5-6H,1,10H2,2-4H3/b7-6-,9-8-. The third-order valence-electron chi connectivity index (χ3n) is 1.39. The maximum absolute atomic E-state index is 5.54. The topological polar surface area (TPSA) is 26.0 Å². The molecule has 0 aromatic carbocycles. The van der Waals surface area contributed by atoms with Gasteiger partial charge in [0.05, 0.1) is 0 Å². The Morgan fingerprint density at radius 2 is 1.80 bits per heavy atom. The van der Waals surface area contributed by atoms with Crippen LogP contribution in [0.15, 0.2) is 35.6 Å². The second-order valence-corrected chi connectivity index (χ2v) is 2.46. The van der Waals surface area contributed by atoms with E-state index < -0.39 is 0 Å². The zero-order valence-electron chi connectivity index (χ0n) is 6.94. The minimum atomic E-state index is 0.862. The molecule has 1 nitrogen and oxygen atoms in total. The van der Waals surface area contributed by atoms with Crippen molar-refractivity contribution in [3.63, 3.8) is 0 Å². The summed E-state index contributed by atoms with van der Waals surface area (Å²) in [4.78, 5) is 0. The van der Waals surface area contributed by atoms with Crippen molar-refractivity contribution < 1.29 is 0 Å². The summed E-state index contributed by atoms with van der Waals surface area (Å²) in [5.74, 6) is 0. The van der Waals surface area contributed by atoms with Crippen molar-refractivity contribution in [2.24, 2.45) is 5.73 Å². The van der Waals surface area contributed by atoms with Crippen LogP contribution in [0.2, 0.25) is 0 Å². The summed E-state index contributed by atoms with van der Waals surface area (Å²) >= 11 is 0. The highest BCUT2D eigenvalue weighted by molar-refractivity contribution is 5.28. The molecule has 0 bridgehead atoms. The van der Waals surface area contributed by atoms with Crippen molar-refractivity contribution in [2.75, 3.05) is 0 Å². The van der Waals surface area contributed by atoms with Crippen molar-refractivity contribution in [1.29, 1.82) is 0 Å². The van der Waals surface area contributed by atoms with Gasteiger partial charge in [0, 0.05) is 5.70 Å². The second kappa shape index (κ2) is 3.94. The lowest BCUT2D eigenvalue weighted by molar-refractivity contribution is 1.23. The Morgan fingerprint density at radius 1 is 1.30 bits per heavy atom. The van der Waals surface area contributed by atoms with E-state index in [1.807, 2.05) is 32.9 Å². The normalized spacial score (nSPS) is 14.5. The van der Waals surface area contributed by atoms with Crippen LogP contribution in [0, 0.1) is 0 Å². The molecule has 1 heteroatoms. The highest BCUT2D eigenvalue weighted by Crippen LogP contribution is 2.03. The van der Waals surface area contributed by atoms with Gasteiger partial charge in [0.25, 0.3) is 0 Å². The summed E-state index contributed by atoms with van der Waals surface area (Å²) in [5, 5.41) is 0. The van der Waals surface area contributed by atoms with Gasteiger partial charge in [0.1, 0.15) is 0 Å². The van der Waals surface area contributed by atoms with E-state index in [9.17, 15) is 0 Å². The van der Waals surface area contributed by atoms with Gasteiger partial charge in [0.15, 0.2) is 0 Å². The number of hydrogen-bond acceptors (Lipinski definition) is 1. The Balaban J connectivity index is 4.42. The molecule has 0 radical (unpaired) electrons. The van der Waals surface area contributed by atoms with Crippen molar-refractivity contribution in [3.05, 3.63) is 35.6 Å². The zero-order valence-corrected chi connectivity index (χ0v) is 6.94. The molecule has 0 heterocycles. The molecular weight excluding hydrogens is 122 g/mol. The van der Waals surface area contributed by atoms with E-state index in [-0.39, 0.29) is 0 Å². The van der Waals surface area contributed by atoms with E-state index in [2.05, 4.69) is 6.58 Å². The molecule has 10 heavy (non-hydrogen) atoms. The van der Waals surface area contributed by atoms with Crippen molar-refractivity contribution in [1.82, 2.24) is 0 Å². The molecule has 0 aromatic rings. The van der Waals surface area contributed by atoms with Gasteiger partial charge >= 0.3 is 0 Å². The largest absolute Gasteiger partial charge is 0.402 e. The lowest BCUT2D eigenvalue weighted by atomic mass is 10.1. The van der Waals surface area contributed by atoms with Crippen LogP contribution in [0.1, 0.15) is 20.8 Å². The lowest BCUT2D eigenvalue weighted by Crippen LogP contribution is -1.93. The average Bonchev–Trinajstić information content (AvgIpc) is 1.87. The summed E-state index contributed by atoms with van der Waals surface area (Å²) in [5.41, 5.74) is 8.65. The van der Waals surface area contributed by atoms with Gasteiger partial charge in [-0.05, 0) is 26.3 Å². The third-order valence-corrected chi connectivity index (χ3v) is 1.39. The number of nitrogens with two attached hydrogens (primary N) is 1. The summed E-state index contributed by atoms with van der Waals surface area (Å²) in [6.45, 7) is 9.52. The Bertz CT molecular complexity index is 181. The highest BCUT2D eigenvalue weighted by Gasteiger charge is 1.86. The summed E-state index contributed by atoms with van der Waals surface area (Å²) in [6, 6.07) is 0. The SMILES string of the molecule is C=C/C(C)=C\C(C)=C(\C)N. The third kappa shape index (κ3) is 3.13. The fourth-order valence-corrected chi connectivity index (χ4v) is 0.514. The van der Waals surface area contributed by atoms with Crippen LogP contribution in [-0.2, 0) is 0 Å². The van der Waals surface area contributed by atoms with Crippen molar-refractivity contribution in [2.45, 2.75) is 20.8 Å². The van der Waals surface area contributed by atoms with Crippen LogP contribution in [0.5, 0.6) is 0 Å². The highest BCUT2D eigenvalue weighted by atomic mass is 14.5. The second-order valence-electron chi connectivity index (χ2n) is 2.46. The fraction of sp³-hybridized carbons (Fsp3) is 0.333. The number of allylic oxidation sites excluding steroid dienone is 5. The number of hydrogen-bond donors (Lipinski definition) is 1. The lowest BCUT2D eigenvalue weighted by Gasteiger charge is -1.96. The van der Waals surface area contributed by atoms with Gasteiger partial charge in [-0.2, -0.15) is 0 Å². The first-order chi connectivity index (χ1) is 4.57. The van der Waals surface area contributed by atoms with Crippen LogP contribution in [0.4, 0.5) is 0 Å². The fourth-order valence-electron chi connectivity index (χ4n) is 0.514. The van der Waals surface area contributed by atoms with E-state index in [1.54, 1.807) is 0 Å². The van der Waals surface area contributed by atoms with Crippen molar-refractivity contribution >= 4 is 0 Å². The minimum absolute atomic E-state index is 0.862. The van der Waals surface area contributed by atoms with Gasteiger partial charge in [-0.25, -0.2) is 0 Å². The summed E-state index contributed by atoms with van der Waals surface area (Å²) in [7, 11) is 0. The van der Waals surface area contributed by atoms with E-state index in [1.165, 1.54) is 0 Å². The average molecular weight is 137 g/mol. The molecule has 0 atom stereocenters. The maximum atomic E-state index is 5.54. The number of rotatable bonds is 2. The van der Waals surface area contributed by atoms with Crippen LogP contribution < -0.4 is 5.73 Å². The van der Waals surface area contributed by atoms with E-state index in [0.717, 1.165) is 16.8 Å². The molecular formula is C9H15N. The molecule has 0 aromatic heterocycles. The van der Waals surface area contributed by atoms with E-state index in [0.29, 0.717) is 0 Å². The van der Waals surface area contributed by atoms with Crippen LogP contribution >= 0.6 is 0 Å². The van der Waals surface area contributed by atoms with E-state index >= 15 is 0 Å². The molecule has 0 amide bonds. The van der Waals surface area contributed by atoms with Gasteiger partial charge in [-0.3, -0.25) is 0 Å². The van der Waals surface area contributed by atoms with Crippen LogP contribution in [-0.4, -0.2) is 0 Å². The molecule has 0 unspecified atom stereocenters. The Kier molecular flexibility index (Phi) is 3.55. The van der Waals surface area contributed by atoms with Gasteiger partial charge in [-0.15, -0.1) is 0 Å². The first kappa shape index (κ1) is 9.02. The predicted octanol–water partition coefficient (Wildman–Crippen LogP) is 2.37. The van der Waals surface area contributed by atoms with Gasteiger partial charge in [-0.1, -0.05) is 24.3 Å². The van der Waals surface area contributed by atoms with Crippen LogP contribution in [0.25, 0.3) is 0 Å². The molecule has 0 aliphatic heterocycles. The smallest absolute Gasteiger partial charge is 0.00786 e. The first-order valence-corrected chi connectivity index (χ1v) is 3.31. The van der Waals surface area contributed by atoms with Gasteiger partial charge in [0.2, 0.25) is 0 Å². The van der Waals surface area contributed by atoms with Crippen molar-refractivity contribution in [3.8, 4) is 0 Å². The molecule has 0 aliphatic carbocycles. The molecule has 0 spiro atoms.